The molecule has 5 nitrogen and oxygen atoms in total. The lowest BCUT2D eigenvalue weighted by Crippen LogP contribution is -2.49. The van der Waals surface area contributed by atoms with E-state index in [4.69, 9.17) is 9.47 Å². The summed E-state index contributed by atoms with van der Waals surface area (Å²) in [5, 5.41) is 10.4. The Kier molecular flexibility index (Phi) is 7.31. The molecule has 1 saturated heterocycles. The van der Waals surface area contributed by atoms with E-state index in [9.17, 15) is 5.11 Å². The molecule has 0 aromatic heterocycles. The van der Waals surface area contributed by atoms with E-state index in [-0.39, 0.29) is 0 Å². The van der Waals surface area contributed by atoms with Gasteiger partial charge in [-0.2, -0.15) is 0 Å². The number of β-amino-alcohol motifs (C(OH)–C–C–N with tert-alkyl or cyclic N) is 1. The zero-order valence-corrected chi connectivity index (χ0v) is 17.2. The summed E-state index contributed by atoms with van der Waals surface area (Å²) in [6.07, 6.45) is -0.484. The summed E-state index contributed by atoms with van der Waals surface area (Å²) in [7, 11) is 1.66. The van der Waals surface area contributed by atoms with Crippen molar-refractivity contribution in [3.63, 3.8) is 0 Å². The van der Waals surface area contributed by atoms with Crippen molar-refractivity contribution in [1.29, 1.82) is 0 Å². The summed E-state index contributed by atoms with van der Waals surface area (Å²) >= 11 is 0. The highest BCUT2D eigenvalue weighted by molar-refractivity contribution is 5.56. The first-order chi connectivity index (χ1) is 13.6. The fraction of sp³-hybridized carbons (Fsp3) is 0.478. The van der Waals surface area contributed by atoms with Crippen molar-refractivity contribution >= 4 is 5.69 Å². The fourth-order valence-electron chi connectivity index (χ4n) is 3.73. The Balaban J connectivity index is 1.41. The number of nitrogens with zero attached hydrogens (tertiary/aromatic N) is 2. The zero-order valence-electron chi connectivity index (χ0n) is 17.2. The molecule has 28 heavy (non-hydrogen) atoms. The number of methoxy groups -OCH3 is 1. The lowest BCUT2D eigenvalue weighted by Gasteiger charge is -2.37. The highest BCUT2D eigenvalue weighted by Gasteiger charge is 2.20. The Morgan fingerprint density at radius 2 is 1.75 bits per heavy atom. The van der Waals surface area contributed by atoms with Gasteiger partial charge in [0.2, 0.25) is 0 Å². The Morgan fingerprint density at radius 1 is 1.00 bits per heavy atom. The third-order valence-corrected chi connectivity index (χ3v) is 5.52. The Morgan fingerprint density at radius 3 is 2.50 bits per heavy atom. The van der Waals surface area contributed by atoms with Crippen LogP contribution < -0.4 is 9.64 Å². The van der Waals surface area contributed by atoms with Crippen LogP contribution in [0.15, 0.2) is 42.5 Å². The number of hydrogen-bond acceptors (Lipinski definition) is 5. The number of aliphatic hydroxyl groups excluding tert-OH is 1. The van der Waals surface area contributed by atoms with Gasteiger partial charge in [-0.25, -0.2) is 0 Å². The van der Waals surface area contributed by atoms with Crippen LogP contribution in [-0.4, -0.2) is 62.6 Å². The normalized spacial score (nSPS) is 16.2. The third-order valence-electron chi connectivity index (χ3n) is 5.52. The van der Waals surface area contributed by atoms with Crippen molar-refractivity contribution in [2.75, 3.05) is 51.3 Å². The maximum absolute atomic E-state index is 10.4. The molecule has 2 aromatic carbocycles. The van der Waals surface area contributed by atoms with Gasteiger partial charge in [0.05, 0.1) is 26.4 Å². The zero-order chi connectivity index (χ0) is 19.9. The standard InChI is InChI=1S/C23H32N2O3/c1-18-7-6-9-22(19(18)2)25-13-11-24(12-14-25)15-21(26)17-28-16-20-8-4-5-10-23(20)27-3/h4-10,21,26H,11-17H2,1-3H3. The van der Waals surface area contributed by atoms with Crippen LogP contribution in [0.1, 0.15) is 16.7 Å². The topological polar surface area (TPSA) is 45.2 Å². The van der Waals surface area contributed by atoms with Crippen LogP contribution in [0.5, 0.6) is 5.75 Å². The molecule has 152 valence electrons. The highest BCUT2D eigenvalue weighted by Crippen LogP contribution is 2.24. The highest BCUT2D eigenvalue weighted by atomic mass is 16.5. The van der Waals surface area contributed by atoms with Crippen LogP contribution in [-0.2, 0) is 11.3 Å². The van der Waals surface area contributed by atoms with E-state index in [0.29, 0.717) is 19.8 Å². The molecule has 0 bridgehead atoms. The van der Waals surface area contributed by atoms with Gasteiger partial charge >= 0.3 is 0 Å². The Hall–Kier alpha value is -2.08. The van der Waals surface area contributed by atoms with E-state index in [1.165, 1.54) is 16.8 Å². The fourth-order valence-corrected chi connectivity index (χ4v) is 3.73. The molecule has 1 fully saturated rings. The number of anilines is 1. The second kappa shape index (κ2) is 9.92. The van der Waals surface area contributed by atoms with Crippen molar-refractivity contribution in [3.8, 4) is 5.75 Å². The average Bonchev–Trinajstić information content (AvgIpc) is 2.71. The molecule has 0 radical (unpaired) electrons. The number of aryl methyl sites for hydroxylation is 1. The van der Waals surface area contributed by atoms with Gasteiger partial charge in [-0.15, -0.1) is 0 Å². The van der Waals surface area contributed by atoms with Crippen LogP contribution in [0.4, 0.5) is 5.69 Å². The lowest BCUT2D eigenvalue weighted by molar-refractivity contribution is 0.00865. The van der Waals surface area contributed by atoms with Gasteiger partial charge < -0.3 is 19.5 Å². The van der Waals surface area contributed by atoms with Gasteiger partial charge in [0.1, 0.15) is 5.75 Å². The SMILES string of the molecule is COc1ccccc1COCC(O)CN1CCN(c2cccc(C)c2C)CC1. The molecule has 1 heterocycles. The quantitative estimate of drug-likeness (QED) is 0.758. The first-order valence-corrected chi connectivity index (χ1v) is 9.99. The molecule has 0 amide bonds. The molecule has 0 saturated carbocycles. The van der Waals surface area contributed by atoms with Gasteiger partial charge in [0.25, 0.3) is 0 Å². The number of piperazine rings is 1. The van der Waals surface area contributed by atoms with Gasteiger partial charge in [-0.1, -0.05) is 30.3 Å². The van der Waals surface area contributed by atoms with Crippen molar-refractivity contribution in [3.05, 3.63) is 59.2 Å². The van der Waals surface area contributed by atoms with E-state index in [1.807, 2.05) is 24.3 Å². The molecule has 2 aromatic rings. The van der Waals surface area contributed by atoms with E-state index in [2.05, 4.69) is 41.8 Å². The first kappa shape index (κ1) is 20.6. The van der Waals surface area contributed by atoms with E-state index in [0.717, 1.165) is 37.5 Å². The first-order valence-electron chi connectivity index (χ1n) is 9.99. The predicted molar refractivity (Wildman–Crippen MR) is 113 cm³/mol. The molecule has 1 unspecified atom stereocenters. The maximum atomic E-state index is 10.4. The molecule has 1 N–H and O–H groups in total. The van der Waals surface area contributed by atoms with Gasteiger partial charge in [0, 0.05) is 44.0 Å². The van der Waals surface area contributed by atoms with Crippen LogP contribution in [0.3, 0.4) is 0 Å². The molecular formula is C23H32N2O3. The molecule has 3 rings (SSSR count). The number of ether oxygens (including phenoxy) is 2. The van der Waals surface area contributed by atoms with E-state index in [1.54, 1.807) is 7.11 Å². The van der Waals surface area contributed by atoms with Crippen molar-refractivity contribution in [2.24, 2.45) is 0 Å². The molecule has 5 heteroatoms. The monoisotopic (exact) mass is 384 g/mol. The van der Waals surface area contributed by atoms with Crippen LogP contribution in [0.25, 0.3) is 0 Å². The van der Waals surface area contributed by atoms with E-state index < -0.39 is 6.10 Å². The largest absolute Gasteiger partial charge is 0.496 e. The molecule has 0 aliphatic carbocycles. The Bertz CT molecular complexity index is 757. The summed E-state index contributed by atoms with van der Waals surface area (Å²) in [5.41, 5.74) is 5.03. The van der Waals surface area contributed by atoms with Crippen LogP contribution in [0.2, 0.25) is 0 Å². The van der Waals surface area contributed by atoms with Gasteiger partial charge in [-0.05, 0) is 37.1 Å². The summed E-state index contributed by atoms with van der Waals surface area (Å²) in [6, 6.07) is 14.3. The predicted octanol–water partition coefficient (Wildman–Crippen LogP) is 3.01. The van der Waals surface area contributed by atoms with Crippen molar-refractivity contribution in [1.82, 2.24) is 4.90 Å². The second-order valence-electron chi connectivity index (χ2n) is 7.49. The average molecular weight is 385 g/mol. The summed E-state index contributed by atoms with van der Waals surface area (Å²) in [6.45, 7) is 9.66. The number of rotatable bonds is 8. The van der Waals surface area contributed by atoms with Crippen molar-refractivity contribution in [2.45, 2.75) is 26.6 Å². The third kappa shape index (κ3) is 5.25. The molecule has 0 spiro atoms. The van der Waals surface area contributed by atoms with Gasteiger partial charge in [-0.3, -0.25) is 4.90 Å². The summed E-state index contributed by atoms with van der Waals surface area (Å²) < 4.78 is 11.0. The maximum Gasteiger partial charge on any atom is 0.124 e. The molecule has 1 aliphatic rings. The number of benzene rings is 2. The second-order valence-corrected chi connectivity index (χ2v) is 7.49. The van der Waals surface area contributed by atoms with Crippen LogP contribution >= 0.6 is 0 Å². The minimum Gasteiger partial charge on any atom is -0.496 e. The molecular weight excluding hydrogens is 352 g/mol. The summed E-state index contributed by atoms with van der Waals surface area (Å²) in [4.78, 5) is 4.77. The lowest BCUT2D eigenvalue weighted by atomic mass is 10.1. The summed E-state index contributed by atoms with van der Waals surface area (Å²) in [5.74, 6) is 0.819. The number of para-hydroxylation sites is 1. The molecule has 1 aliphatic heterocycles. The van der Waals surface area contributed by atoms with E-state index >= 15 is 0 Å². The number of aliphatic hydroxyl groups is 1. The Labute approximate surface area is 168 Å². The number of hydrogen-bond donors (Lipinski definition) is 1. The van der Waals surface area contributed by atoms with Gasteiger partial charge in [0.15, 0.2) is 0 Å². The van der Waals surface area contributed by atoms with Crippen molar-refractivity contribution < 1.29 is 14.6 Å². The minimum atomic E-state index is -0.484. The smallest absolute Gasteiger partial charge is 0.124 e. The minimum absolute atomic E-state index is 0.329. The molecule has 1 atom stereocenters. The van der Waals surface area contributed by atoms with Crippen LogP contribution in [0, 0.1) is 13.8 Å².